The normalized spacial score (nSPS) is 13.9. The number of hydrogen-bond donors (Lipinski definition) is 0. The molecular weight excluding hydrogens is 276 g/mol. The van der Waals surface area contributed by atoms with Crippen molar-refractivity contribution in [3.63, 3.8) is 0 Å². The highest BCUT2D eigenvalue weighted by molar-refractivity contribution is 5.83. The van der Waals surface area contributed by atoms with E-state index in [4.69, 9.17) is 15.9 Å². The number of carbonyl (C=O) groups is 1. The lowest BCUT2D eigenvalue weighted by Crippen LogP contribution is -2.22. The molecule has 1 unspecified atom stereocenters. The van der Waals surface area contributed by atoms with Crippen molar-refractivity contribution >= 4 is 5.97 Å². The summed E-state index contributed by atoms with van der Waals surface area (Å²) in [7, 11) is 1.76. The van der Waals surface area contributed by atoms with Crippen LogP contribution in [0.5, 0.6) is 0 Å². The van der Waals surface area contributed by atoms with E-state index >= 15 is 0 Å². The van der Waals surface area contributed by atoms with Crippen molar-refractivity contribution < 1.29 is 14.3 Å². The zero-order valence-corrected chi connectivity index (χ0v) is 14.6. The van der Waals surface area contributed by atoms with Crippen molar-refractivity contribution in [1.29, 1.82) is 0 Å². The topological polar surface area (TPSA) is 35.5 Å². The molecule has 0 radical (unpaired) electrons. The first-order valence-electron chi connectivity index (χ1n) is 7.81. The Morgan fingerprint density at radius 3 is 2.68 bits per heavy atom. The fraction of sp³-hybridized carbons (Fsp3) is 0.632. The third kappa shape index (κ3) is 11.2. The van der Waals surface area contributed by atoms with Crippen LogP contribution >= 0.6 is 0 Å². The maximum absolute atomic E-state index is 11.3. The van der Waals surface area contributed by atoms with Gasteiger partial charge in [0.15, 0.2) is 6.61 Å². The predicted octanol–water partition coefficient (Wildman–Crippen LogP) is 4.29. The summed E-state index contributed by atoms with van der Waals surface area (Å²) in [4.78, 5) is 11.3. The van der Waals surface area contributed by atoms with Crippen LogP contribution in [0.25, 0.3) is 0 Å². The Kier molecular flexibility index (Phi) is 10.3. The second kappa shape index (κ2) is 11.1. The fourth-order valence-electron chi connectivity index (χ4n) is 1.97. The second-order valence-electron chi connectivity index (χ2n) is 6.30. The zero-order valence-electron chi connectivity index (χ0n) is 14.6. The Morgan fingerprint density at radius 1 is 1.41 bits per heavy atom. The number of terminal acetylenes is 1. The van der Waals surface area contributed by atoms with Gasteiger partial charge in [0, 0.05) is 13.2 Å². The summed E-state index contributed by atoms with van der Waals surface area (Å²) in [5.41, 5.74) is 0.836. The van der Waals surface area contributed by atoms with Crippen molar-refractivity contribution in [3.05, 3.63) is 23.8 Å². The minimum atomic E-state index is -0.394. The van der Waals surface area contributed by atoms with Crippen molar-refractivity contribution in [2.24, 2.45) is 5.92 Å². The molecule has 0 aromatic rings. The van der Waals surface area contributed by atoms with Gasteiger partial charge in [0.25, 0.3) is 0 Å². The molecule has 0 saturated heterocycles. The van der Waals surface area contributed by atoms with Crippen molar-refractivity contribution in [3.8, 4) is 12.3 Å². The van der Waals surface area contributed by atoms with E-state index in [1.54, 1.807) is 7.11 Å². The minimum absolute atomic E-state index is 0.0151. The van der Waals surface area contributed by atoms with Gasteiger partial charge in [-0.15, -0.1) is 6.42 Å². The van der Waals surface area contributed by atoms with Crippen molar-refractivity contribution in [1.82, 2.24) is 0 Å². The van der Waals surface area contributed by atoms with Gasteiger partial charge in [0.05, 0.1) is 5.60 Å². The van der Waals surface area contributed by atoms with Crippen molar-refractivity contribution in [2.75, 3.05) is 13.7 Å². The molecule has 0 fully saturated rings. The van der Waals surface area contributed by atoms with Crippen LogP contribution < -0.4 is 0 Å². The van der Waals surface area contributed by atoms with E-state index in [0.29, 0.717) is 5.92 Å². The van der Waals surface area contributed by atoms with Crippen LogP contribution in [0, 0.1) is 18.3 Å². The molecule has 0 aromatic carbocycles. The van der Waals surface area contributed by atoms with Gasteiger partial charge in [-0.05, 0) is 45.1 Å². The molecule has 0 N–H and O–H groups in total. The minimum Gasteiger partial charge on any atom is -0.449 e. The molecule has 22 heavy (non-hydrogen) atoms. The lowest BCUT2D eigenvalue weighted by molar-refractivity contribution is -0.136. The Hall–Kier alpha value is -1.53. The average Bonchev–Trinajstić information content (AvgIpc) is 2.44. The predicted molar refractivity (Wildman–Crippen MR) is 91.4 cm³/mol. The molecule has 0 spiro atoms. The summed E-state index contributed by atoms with van der Waals surface area (Å²) in [6, 6.07) is 0. The first-order valence-corrected chi connectivity index (χ1v) is 7.81. The van der Waals surface area contributed by atoms with E-state index in [9.17, 15) is 4.79 Å². The van der Waals surface area contributed by atoms with E-state index in [0.717, 1.165) is 24.8 Å². The van der Waals surface area contributed by atoms with Crippen LogP contribution in [0.2, 0.25) is 0 Å². The molecule has 0 aromatic heterocycles. The number of carbonyl (C=O) groups excluding carboxylic acids is 1. The SMILES string of the molecule is C#CCOC(=O)/C=C(C)/C=C/CC(C)CCCC(C)(C)OC. The third-order valence-corrected chi connectivity index (χ3v) is 3.59. The van der Waals surface area contributed by atoms with Gasteiger partial charge in [-0.3, -0.25) is 0 Å². The van der Waals surface area contributed by atoms with E-state index in [2.05, 4.69) is 32.8 Å². The largest absolute Gasteiger partial charge is 0.449 e. The molecule has 1 atom stereocenters. The molecule has 0 aliphatic carbocycles. The smallest absolute Gasteiger partial charge is 0.331 e. The molecule has 0 aliphatic rings. The molecular formula is C19H30O3. The van der Waals surface area contributed by atoms with Crippen LogP contribution in [-0.2, 0) is 14.3 Å². The van der Waals surface area contributed by atoms with Gasteiger partial charge in [0.1, 0.15) is 0 Å². The zero-order chi connectivity index (χ0) is 17.0. The van der Waals surface area contributed by atoms with Crippen LogP contribution in [0.1, 0.15) is 53.4 Å². The molecule has 3 nitrogen and oxygen atoms in total. The highest BCUT2D eigenvalue weighted by Crippen LogP contribution is 2.20. The monoisotopic (exact) mass is 306 g/mol. The number of rotatable bonds is 10. The number of methoxy groups -OCH3 is 1. The lowest BCUT2D eigenvalue weighted by atomic mass is 9.95. The van der Waals surface area contributed by atoms with E-state index in [1.807, 2.05) is 13.0 Å². The second-order valence-corrected chi connectivity index (χ2v) is 6.30. The first kappa shape index (κ1) is 20.5. The Labute approximate surface area is 135 Å². The Bertz CT molecular complexity index is 424. The molecule has 0 rings (SSSR count). The lowest BCUT2D eigenvalue weighted by Gasteiger charge is -2.23. The van der Waals surface area contributed by atoms with E-state index in [1.165, 1.54) is 12.5 Å². The summed E-state index contributed by atoms with van der Waals surface area (Å²) < 4.78 is 10.2. The van der Waals surface area contributed by atoms with E-state index < -0.39 is 5.97 Å². The molecule has 0 aliphatic heterocycles. The van der Waals surface area contributed by atoms with Gasteiger partial charge in [-0.2, -0.15) is 0 Å². The molecule has 0 saturated carbocycles. The number of ether oxygens (including phenoxy) is 2. The summed E-state index contributed by atoms with van der Waals surface area (Å²) in [5.74, 6) is 2.49. The number of allylic oxidation sites excluding steroid dienone is 3. The molecule has 0 bridgehead atoms. The Morgan fingerprint density at radius 2 is 2.09 bits per heavy atom. The maximum Gasteiger partial charge on any atom is 0.331 e. The molecule has 0 heterocycles. The van der Waals surface area contributed by atoms with Crippen LogP contribution in [0.15, 0.2) is 23.8 Å². The number of esters is 1. The van der Waals surface area contributed by atoms with Gasteiger partial charge in [0.2, 0.25) is 0 Å². The Balaban J connectivity index is 4.03. The van der Waals surface area contributed by atoms with Crippen LogP contribution in [0.3, 0.4) is 0 Å². The van der Waals surface area contributed by atoms with E-state index in [-0.39, 0.29) is 12.2 Å². The highest BCUT2D eigenvalue weighted by Gasteiger charge is 2.15. The van der Waals surface area contributed by atoms with Gasteiger partial charge < -0.3 is 9.47 Å². The van der Waals surface area contributed by atoms with Gasteiger partial charge >= 0.3 is 5.97 Å². The quantitative estimate of drug-likeness (QED) is 0.261. The van der Waals surface area contributed by atoms with Gasteiger partial charge in [-0.25, -0.2) is 4.79 Å². The molecule has 124 valence electrons. The third-order valence-electron chi connectivity index (χ3n) is 3.59. The average molecular weight is 306 g/mol. The summed E-state index contributed by atoms with van der Waals surface area (Å²) in [5, 5.41) is 0. The fourth-order valence-corrected chi connectivity index (χ4v) is 1.97. The maximum atomic E-state index is 11.3. The summed E-state index contributed by atoms with van der Waals surface area (Å²) in [6.45, 7) is 8.36. The standard InChI is InChI=1S/C19H30O3/c1-7-14-22-18(20)15-17(3)11-8-10-16(2)12-9-13-19(4,5)21-6/h1,8,11,15-16H,9-10,12-14H2,2-6H3/b11-8+,17-15+. The molecule has 0 amide bonds. The molecule has 3 heteroatoms. The summed E-state index contributed by atoms with van der Waals surface area (Å²) in [6.07, 6.45) is 14.9. The number of hydrogen-bond acceptors (Lipinski definition) is 3. The van der Waals surface area contributed by atoms with Gasteiger partial charge in [-0.1, -0.05) is 37.8 Å². The first-order chi connectivity index (χ1) is 10.3. The van der Waals surface area contributed by atoms with Crippen molar-refractivity contribution in [2.45, 2.75) is 59.0 Å². The van der Waals surface area contributed by atoms with Crippen LogP contribution in [0.4, 0.5) is 0 Å². The highest BCUT2D eigenvalue weighted by atomic mass is 16.5. The summed E-state index contributed by atoms with van der Waals surface area (Å²) >= 11 is 0. The van der Waals surface area contributed by atoms with Crippen LogP contribution in [-0.4, -0.2) is 25.3 Å².